The number of carbonyl (C=O) groups excluding carboxylic acids is 1. The maximum Gasteiger partial charge on any atom is 0.255 e. The molecule has 3 N–H and O–H groups in total. The molecule has 9 nitrogen and oxygen atoms in total. The van der Waals surface area contributed by atoms with Crippen molar-refractivity contribution in [3.8, 4) is 11.3 Å². The largest absolute Gasteiger partial charge is 0.376 e. The number of nitrogens with zero attached hydrogens (tertiary/aromatic N) is 3. The van der Waals surface area contributed by atoms with Crippen LogP contribution in [0.5, 0.6) is 0 Å². The van der Waals surface area contributed by atoms with Crippen molar-refractivity contribution in [3.05, 3.63) is 28.6 Å². The Balaban J connectivity index is 1.48. The van der Waals surface area contributed by atoms with Crippen LogP contribution in [-0.4, -0.2) is 65.4 Å². The van der Waals surface area contributed by atoms with Gasteiger partial charge in [0.25, 0.3) is 5.91 Å². The zero-order chi connectivity index (χ0) is 23.4. The molecule has 0 aliphatic carbocycles. The number of anilines is 2. The second-order valence-electron chi connectivity index (χ2n) is 8.84. The summed E-state index contributed by atoms with van der Waals surface area (Å²) in [5.74, 6) is 1.11. The van der Waals surface area contributed by atoms with E-state index < -0.39 is 6.10 Å². The summed E-state index contributed by atoms with van der Waals surface area (Å²) in [4.78, 5) is 25.6. The highest BCUT2D eigenvalue weighted by molar-refractivity contribution is 6.35. The summed E-state index contributed by atoms with van der Waals surface area (Å²) in [6.45, 7) is 7.37. The lowest BCUT2D eigenvalue weighted by Gasteiger charge is -2.35. The first kappa shape index (κ1) is 24.1. The number of nitrogens with one attached hydrogen (secondary N) is 3. The van der Waals surface area contributed by atoms with Gasteiger partial charge >= 0.3 is 0 Å². The van der Waals surface area contributed by atoms with Crippen LogP contribution in [0.3, 0.4) is 0 Å². The minimum atomic E-state index is -0.578. The minimum absolute atomic E-state index is 0.119. The molecule has 0 bridgehead atoms. The van der Waals surface area contributed by atoms with Gasteiger partial charge in [-0.05, 0) is 38.7 Å². The van der Waals surface area contributed by atoms with Gasteiger partial charge in [0, 0.05) is 38.0 Å². The Hall–Kier alpha value is -2.04. The lowest BCUT2D eigenvalue weighted by Crippen LogP contribution is -2.45. The maximum atomic E-state index is 12.5. The van der Waals surface area contributed by atoms with E-state index in [-0.39, 0.29) is 16.7 Å². The average Bonchev–Trinajstić information content (AvgIpc) is 2.80. The van der Waals surface area contributed by atoms with Crippen LogP contribution in [0.25, 0.3) is 11.3 Å². The van der Waals surface area contributed by atoms with Crippen LogP contribution in [0.15, 0.2) is 18.5 Å². The highest BCUT2D eigenvalue weighted by Crippen LogP contribution is 2.33. The molecular formula is C22H28Cl2N6O3. The molecule has 2 aromatic rings. The van der Waals surface area contributed by atoms with Gasteiger partial charge in [-0.1, -0.05) is 23.2 Å². The molecule has 2 atom stereocenters. The van der Waals surface area contributed by atoms with E-state index in [9.17, 15) is 4.79 Å². The monoisotopic (exact) mass is 494 g/mol. The number of pyridine rings is 1. The zero-order valence-electron chi connectivity index (χ0n) is 18.7. The highest BCUT2D eigenvalue weighted by Gasteiger charge is 2.28. The van der Waals surface area contributed by atoms with Crippen molar-refractivity contribution in [3.63, 3.8) is 0 Å². The van der Waals surface area contributed by atoms with Crippen molar-refractivity contribution in [2.45, 2.75) is 38.4 Å². The molecule has 2 fully saturated rings. The van der Waals surface area contributed by atoms with Crippen molar-refractivity contribution < 1.29 is 14.3 Å². The molecule has 0 radical (unpaired) electrons. The smallest absolute Gasteiger partial charge is 0.255 e. The number of halogens is 2. The molecule has 2 unspecified atom stereocenters. The van der Waals surface area contributed by atoms with Crippen LogP contribution in [0.4, 0.5) is 11.6 Å². The summed E-state index contributed by atoms with van der Waals surface area (Å²) in [6, 6.07) is 1.64. The van der Waals surface area contributed by atoms with E-state index in [1.807, 2.05) is 0 Å². The Morgan fingerprint density at radius 1 is 1.24 bits per heavy atom. The quantitative estimate of drug-likeness (QED) is 0.560. The molecule has 2 aliphatic rings. The van der Waals surface area contributed by atoms with Crippen molar-refractivity contribution in [2.75, 3.05) is 43.5 Å². The first-order chi connectivity index (χ1) is 15.8. The summed E-state index contributed by atoms with van der Waals surface area (Å²) in [5, 5.41) is 9.81. The fourth-order valence-electron chi connectivity index (χ4n) is 4.04. The summed E-state index contributed by atoms with van der Waals surface area (Å²) in [6.07, 6.45) is 4.43. The molecule has 2 saturated heterocycles. The van der Waals surface area contributed by atoms with E-state index in [1.54, 1.807) is 12.3 Å². The number of amides is 1. The van der Waals surface area contributed by atoms with Gasteiger partial charge in [-0.15, -0.1) is 0 Å². The van der Waals surface area contributed by atoms with E-state index >= 15 is 0 Å². The van der Waals surface area contributed by atoms with Crippen molar-refractivity contribution >= 4 is 40.7 Å². The first-order valence-electron chi connectivity index (χ1n) is 11.0. The summed E-state index contributed by atoms with van der Waals surface area (Å²) in [7, 11) is 0. The summed E-state index contributed by atoms with van der Waals surface area (Å²) in [5.41, 5.74) is 0.816. The topological polar surface area (TPSA) is 110 Å². The van der Waals surface area contributed by atoms with Gasteiger partial charge in [0.15, 0.2) is 5.15 Å². The van der Waals surface area contributed by atoms with Crippen molar-refractivity contribution in [1.29, 1.82) is 0 Å². The van der Waals surface area contributed by atoms with Crippen LogP contribution >= 0.6 is 23.2 Å². The van der Waals surface area contributed by atoms with Crippen molar-refractivity contribution in [2.24, 2.45) is 5.92 Å². The van der Waals surface area contributed by atoms with Crippen LogP contribution in [0.2, 0.25) is 10.2 Å². The average molecular weight is 495 g/mol. The molecule has 0 spiro atoms. The SMILES string of the molecule is CC1(C)CC(CNc2cnc(Cl)c(-c3cc(NC(=O)C4CNCCO4)ncc3Cl)n2)CCO1. The maximum absolute atomic E-state index is 12.5. The molecule has 0 aromatic carbocycles. The Morgan fingerprint density at radius 3 is 2.85 bits per heavy atom. The number of carbonyl (C=O) groups is 1. The number of hydrogen-bond acceptors (Lipinski definition) is 8. The number of aromatic nitrogens is 3. The predicted octanol–water partition coefficient (Wildman–Crippen LogP) is 3.39. The second kappa shape index (κ2) is 10.5. The molecule has 1 amide bonds. The van der Waals surface area contributed by atoms with Gasteiger partial charge in [0.2, 0.25) is 0 Å². The van der Waals surface area contributed by atoms with Gasteiger partial charge in [-0.2, -0.15) is 0 Å². The number of ether oxygens (including phenoxy) is 2. The van der Waals surface area contributed by atoms with E-state index in [4.69, 9.17) is 32.7 Å². The summed E-state index contributed by atoms with van der Waals surface area (Å²) < 4.78 is 11.3. The van der Waals surface area contributed by atoms with Gasteiger partial charge in [-0.3, -0.25) is 4.79 Å². The number of morpholine rings is 1. The number of hydrogen-bond donors (Lipinski definition) is 3. The Morgan fingerprint density at radius 2 is 2.09 bits per heavy atom. The summed E-state index contributed by atoms with van der Waals surface area (Å²) >= 11 is 12.8. The van der Waals surface area contributed by atoms with Crippen LogP contribution in [0, 0.1) is 5.92 Å². The second-order valence-corrected chi connectivity index (χ2v) is 9.61. The molecular weight excluding hydrogens is 467 g/mol. The number of rotatable bonds is 6. The zero-order valence-corrected chi connectivity index (χ0v) is 20.2. The van der Waals surface area contributed by atoms with E-state index in [0.29, 0.717) is 47.0 Å². The van der Waals surface area contributed by atoms with Crippen LogP contribution in [-0.2, 0) is 14.3 Å². The van der Waals surface area contributed by atoms with E-state index in [1.165, 1.54) is 6.20 Å². The first-order valence-corrected chi connectivity index (χ1v) is 11.8. The Bertz CT molecular complexity index is 1000. The van der Waals surface area contributed by atoms with E-state index in [2.05, 4.69) is 44.7 Å². The van der Waals surface area contributed by atoms with Crippen LogP contribution in [0.1, 0.15) is 26.7 Å². The van der Waals surface area contributed by atoms with E-state index in [0.717, 1.165) is 32.5 Å². The highest BCUT2D eigenvalue weighted by atomic mass is 35.5. The predicted molar refractivity (Wildman–Crippen MR) is 128 cm³/mol. The molecule has 178 valence electrons. The third-order valence-electron chi connectivity index (χ3n) is 5.68. The molecule has 4 rings (SSSR count). The molecule has 0 saturated carbocycles. The third kappa shape index (κ3) is 6.30. The Labute approximate surface area is 203 Å². The molecule has 11 heteroatoms. The van der Waals surface area contributed by atoms with Crippen LogP contribution < -0.4 is 16.0 Å². The fraction of sp³-hybridized carbons (Fsp3) is 0.545. The van der Waals surface area contributed by atoms with Crippen molar-refractivity contribution in [1.82, 2.24) is 20.3 Å². The Kier molecular flexibility index (Phi) is 7.65. The van der Waals surface area contributed by atoms with Gasteiger partial charge in [0.05, 0.1) is 23.4 Å². The standard InChI is InChI=1S/C22H28Cl2N6O3/c1-22(2)8-13(3-5-33-22)9-26-18-12-28-20(24)19(29-18)14-7-17(27-10-15(14)23)30-21(31)16-11-25-4-6-32-16/h7,10,12-13,16,25H,3-6,8-9,11H2,1-2H3,(H,26,29)(H,27,30,31). The lowest BCUT2D eigenvalue weighted by atomic mass is 9.88. The van der Waals surface area contributed by atoms with Gasteiger partial charge < -0.3 is 25.4 Å². The fourth-order valence-corrected chi connectivity index (χ4v) is 4.43. The molecule has 33 heavy (non-hydrogen) atoms. The van der Waals surface area contributed by atoms with Gasteiger partial charge in [0.1, 0.15) is 23.4 Å². The molecule has 2 aliphatic heterocycles. The minimum Gasteiger partial charge on any atom is -0.376 e. The van der Waals surface area contributed by atoms with Gasteiger partial charge in [-0.25, -0.2) is 15.0 Å². The molecule has 4 heterocycles. The third-order valence-corrected chi connectivity index (χ3v) is 6.26. The normalized spacial score (nSPS) is 22.5. The molecule has 2 aromatic heterocycles. The lowest BCUT2D eigenvalue weighted by molar-refractivity contribution is -0.128.